The number of benzene rings is 1. The third-order valence-corrected chi connectivity index (χ3v) is 6.62. The van der Waals surface area contributed by atoms with E-state index in [9.17, 15) is 9.59 Å². The average Bonchev–Trinajstić information content (AvgIpc) is 3.27. The summed E-state index contributed by atoms with van der Waals surface area (Å²) in [5.41, 5.74) is 2.90. The molecule has 0 bridgehead atoms. The van der Waals surface area contributed by atoms with Crippen LogP contribution in [0.25, 0.3) is 17.1 Å². The number of carbonyl (C=O) groups is 2. The number of rotatable bonds is 7. The van der Waals surface area contributed by atoms with Gasteiger partial charge >= 0.3 is 5.97 Å². The van der Waals surface area contributed by atoms with Gasteiger partial charge in [0, 0.05) is 31.0 Å². The number of aromatic nitrogens is 4. The largest absolute Gasteiger partial charge is 0.466 e. The molecule has 1 aromatic carbocycles. The molecular weight excluding hydrogens is 438 g/mol. The number of aryl methyl sites for hydroxylation is 1. The van der Waals surface area contributed by atoms with Crippen LogP contribution in [0.15, 0.2) is 53.9 Å². The molecule has 0 saturated carbocycles. The molecule has 1 amide bonds. The van der Waals surface area contributed by atoms with E-state index in [4.69, 9.17) is 4.74 Å². The third-order valence-electron chi connectivity index (χ3n) is 5.70. The molecule has 0 radical (unpaired) electrons. The number of thioether (sulfide) groups is 1. The Morgan fingerprint density at radius 2 is 1.91 bits per heavy atom. The number of nitrogens with zero attached hydrogens (tertiary/aromatic N) is 5. The zero-order valence-corrected chi connectivity index (χ0v) is 19.6. The van der Waals surface area contributed by atoms with Crippen LogP contribution < -0.4 is 0 Å². The predicted molar refractivity (Wildman–Crippen MR) is 126 cm³/mol. The third kappa shape index (κ3) is 5.24. The van der Waals surface area contributed by atoms with E-state index in [2.05, 4.69) is 15.2 Å². The predicted octanol–water partition coefficient (Wildman–Crippen LogP) is 3.53. The van der Waals surface area contributed by atoms with Crippen molar-refractivity contribution in [1.82, 2.24) is 24.6 Å². The normalized spacial score (nSPS) is 14.3. The summed E-state index contributed by atoms with van der Waals surface area (Å²) in [5, 5.41) is 9.47. The minimum atomic E-state index is -0.159. The molecule has 1 fully saturated rings. The second kappa shape index (κ2) is 10.6. The molecule has 4 rings (SSSR count). The Kier molecular flexibility index (Phi) is 7.39. The lowest BCUT2D eigenvalue weighted by Gasteiger charge is -2.30. The first kappa shape index (κ1) is 23.0. The summed E-state index contributed by atoms with van der Waals surface area (Å²) >= 11 is 1.37. The fourth-order valence-electron chi connectivity index (χ4n) is 3.92. The molecule has 0 atom stereocenters. The molecule has 9 heteroatoms. The molecule has 0 spiro atoms. The van der Waals surface area contributed by atoms with Gasteiger partial charge in [-0.1, -0.05) is 30.0 Å². The summed E-state index contributed by atoms with van der Waals surface area (Å²) in [6, 6.07) is 11.8. The van der Waals surface area contributed by atoms with Crippen LogP contribution in [0.1, 0.15) is 25.3 Å². The van der Waals surface area contributed by atoms with E-state index in [1.165, 1.54) is 11.8 Å². The van der Waals surface area contributed by atoms with Gasteiger partial charge in [-0.3, -0.25) is 19.1 Å². The van der Waals surface area contributed by atoms with E-state index < -0.39 is 0 Å². The Balaban J connectivity index is 1.49. The van der Waals surface area contributed by atoms with Crippen molar-refractivity contribution in [3.63, 3.8) is 0 Å². The summed E-state index contributed by atoms with van der Waals surface area (Å²) < 4.78 is 7.10. The molecule has 33 heavy (non-hydrogen) atoms. The van der Waals surface area contributed by atoms with Gasteiger partial charge in [-0.15, -0.1) is 10.2 Å². The van der Waals surface area contributed by atoms with Crippen molar-refractivity contribution in [3.05, 3.63) is 54.4 Å². The van der Waals surface area contributed by atoms with Crippen LogP contribution in [-0.4, -0.2) is 62.0 Å². The van der Waals surface area contributed by atoms with E-state index >= 15 is 0 Å². The molecule has 3 aromatic rings. The zero-order chi connectivity index (χ0) is 23.2. The van der Waals surface area contributed by atoms with Gasteiger partial charge in [-0.05, 0) is 50.5 Å². The Morgan fingerprint density at radius 1 is 1.12 bits per heavy atom. The summed E-state index contributed by atoms with van der Waals surface area (Å²) in [6.07, 6.45) is 4.75. The van der Waals surface area contributed by atoms with Crippen LogP contribution in [0.2, 0.25) is 0 Å². The number of piperidine rings is 1. The summed E-state index contributed by atoms with van der Waals surface area (Å²) in [6.45, 7) is 5.36. The fraction of sp³-hybridized carbons (Fsp3) is 0.375. The summed E-state index contributed by atoms with van der Waals surface area (Å²) in [5.74, 6) is 0.689. The molecule has 0 aliphatic carbocycles. The maximum Gasteiger partial charge on any atom is 0.309 e. The number of pyridine rings is 1. The minimum Gasteiger partial charge on any atom is -0.466 e. The molecule has 0 N–H and O–H groups in total. The Labute approximate surface area is 197 Å². The number of ether oxygens (including phenoxy) is 1. The number of hydrogen-bond donors (Lipinski definition) is 0. The van der Waals surface area contributed by atoms with E-state index in [-0.39, 0.29) is 23.5 Å². The molecule has 0 unspecified atom stereocenters. The number of likely N-dealkylation sites (tertiary alicyclic amines) is 1. The lowest BCUT2D eigenvalue weighted by Crippen LogP contribution is -2.41. The summed E-state index contributed by atoms with van der Waals surface area (Å²) in [4.78, 5) is 30.9. The minimum absolute atomic E-state index is 0.0320. The summed E-state index contributed by atoms with van der Waals surface area (Å²) in [7, 11) is 0. The first-order chi connectivity index (χ1) is 16.1. The van der Waals surface area contributed by atoms with Crippen molar-refractivity contribution in [2.75, 3.05) is 25.4 Å². The zero-order valence-electron chi connectivity index (χ0n) is 18.8. The van der Waals surface area contributed by atoms with Gasteiger partial charge in [0.05, 0.1) is 24.0 Å². The van der Waals surface area contributed by atoms with Crippen molar-refractivity contribution < 1.29 is 14.3 Å². The molecular formula is C24H27N5O3S. The Bertz CT molecular complexity index is 1110. The van der Waals surface area contributed by atoms with E-state index in [1.54, 1.807) is 12.4 Å². The number of carbonyl (C=O) groups excluding carboxylic acids is 2. The second-order valence-corrected chi connectivity index (χ2v) is 8.81. The Morgan fingerprint density at radius 3 is 2.61 bits per heavy atom. The van der Waals surface area contributed by atoms with Gasteiger partial charge in [-0.2, -0.15) is 0 Å². The van der Waals surface area contributed by atoms with Crippen molar-refractivity contribution in [2.45, 2.75) is 31.8 Å². The van der Waals surface area contributed by atoms with Crippen molar-refractivity contribution >= 4 is 23.6 Å². The van der Waals surface area contributed by atoms with E-state index in [1.807, 2.05) is 59.7 Å². The van der Waals surface area contributed by atoms with Crippen LogP contribution in [-0.2, 0) is 14.3 Å². The SMILES string of the molecule is CCOC(=O)C1CCN(C(=O)CSc2nnc(-c3cccnc3)n2-c2ccccc2C)CC1. The highest BCUT2D eigenvalue weighted by atomic mass is 32.2. The Hall–Kier alpha value is -3.20. The standard InChI is InChI=1S/C24H27N5O3S/c1-3-32-23(31)18-10-13-28(14-11-18)21(30)16-33-24-27-26-22(19-8-6-12-25-15-19)29(24)20-9-5-4-7-17(20)2/h4-9,12,15,18H,3,10-11,13-14,16H2,1-2H3. The van der Waals surface area contributed by atoms with Gasteiger partial charge in [0.15, 0.2) is 11.0 Å². The first-order valence-electron chi connectivity index (χ1n) is 11.1. The lowest BCUT2D eigenvalue weighted by molar-refractivity contribution is -0.151. The smallest absolute Gasteiger partial charge is 0.309 e. The highest BCUT2D eigenvalue weighted by molar-refractivity contribution is 7.99. The van der Waals surface area contributed by atoms with Gasteiger partial charge in [0.1, 0.15) is 0 Å². The molecule has 1 aliphatic heterocycles. The van der Waals surface area contributed by atoms with Gasteiger partial charge in [0.2, 0.25) is 5.91 Å². The molecule has 1 saturated heterocycles. The lowest BCUT2D eigenvalue weighted by atomic mass is 9.97. The van der Waals surface area contributed by atoms with Crippen molar-refractivity contribution in [2.24, 2.45) is 5.92 Å². The highest BCUT2D eigenvalue weighted by Gasteiger charge is 2.28. The van der Waals surface area contributed by atoms with E-state index in [0.29, 0.717) is 43.5 Å². The van der Waals surface area contributed by atoms with Crippen LogP contribution in [0, 0.1) is 12.8 Å². The van der Waals surface area contributed by atoms with Crippen LogP contribution in [0.4, 0.5) is 0 Å². The van der Waals surface area contributed by atoms with Crippen LogP contribution in [0.3, 0.4) is 0 Å². The monoisotopic (exact) mass is 465 g/mol. The topological polar surface area (TPSA) is 90.2 Å². The van der Waals surface area contributed by atoms with Gasteiger partial charge < -0.3 is 9.64 Å². The maximum absolute atomic E-state index is 12.9. The maximum atomic E-state index is 12.9. The first-order valence-corrected chi connectivity index (χ1v) is 12.1. The van der Waals surface area contributed by atoms with Crippen LogP contribution >= 0.6 is 11.8 Å². The van der Waals surface area contributed by atoms with Gasteiger partial charge in [0.25, 0.3) is 0 Å². The van der Waals surface area contributed by atoms with Crippen molar-refractivity contribution in [3.8, 4) is 17.1 Å². The van der Waals surface area contributed by atoms with Crippen molar-refractivity contribution in [1.29, 1.82) is 0 Å². The molecule has 1 aliphatic rings. The van der Waals surface area contributed by atoms with Crippen LogP contribution in [0.5, 0.6) is 0 Å². The fourth-order valence-corrected chi connectivity index (χ4v) is 4.77. The quantitative estimate of drug-likeness (QED) is 0.389. The number of hydrogen-bond acceptors (Lipinski definition) is 7. The van der Waals surface area contributed by atoms with Gasteiger partial charge in [-0.25, -0.2) is 0 Å². The second-order valence-electron chi connectivity index (χ2n) is 7.87. The number of esters is 1. The molecule has 2 aromatic heterocycles. The molecule has 3 heterocycles. The number of para-hydroxylation sites is 1. The van der Waals surface area contributed by atoms with E-state index in [0.717, 1.165) is 16.8 Å². The highest BCUT2D eigenvalue weighted by Crippen LogP contribution is 2.29. The average molecular weight is 466 g/mol. The number of amides is 1. The molecule has 172 valence electrons. The molecule has 8 nitrogen and oxygen atoms in total.